The number of hydrogen-bond donors (Lipinski definition) is 8. The third-order valence-electron chi connectivity index (χ3n) is 16.4. The molecule has 1 heterocycles. The van der Waals surface area contributed by atoms with Gasteiger partial charge in [0.05, 0.1) is 25.4 Å². The molecule has 1 amide bonds. The highest BCUT2D eigenvalue weighted by Crippen LogP contribution is 2.24. The van der Waals surface area contributed by atoms with Crippen molar-refractivity contribution in [2.45, 2.75) is 377 Å². The van der Waals surface area contributed by atoms with Crippen molar-refractivity contribution in [2.75, 3.05) is 13.2 Å². The zero-order valence-corrected chi connectivity index (χ0v) is 51.4. The summed E-state index contributed by atoms with van der Waals surface area (Å²) in [4.78, 5) is 13.2. The predicted octanol–water partition coefficient (Wildman–Crippen LogP) is 15.8. The Morgan fingerprint density at radius 3 is 1.13 bits per heavy atom. The summed E-state index contributed by atoms with van der Waals surface area (Å²) in [6, 6.07) is -1.19. The van der Waals surface area contributed by atoms with Gasteiger partial charge in [-0.1, -0.05) is 294 Å². The molecule has 9 atom stereocenters. The van der Waals surface area contributed by atoms with Crippen molar-refractivity contribution in [3.63, 3.8) is 0 Å². The predicted molar refractivity (Wildman–Crippen MR) is 330 cm³/mol. The molecule has 1 saturated heterocycles. The third kappa shape index (κ3) is 44.5. The Morgan fingerprint density at radius 2 is 0.759 bits per heavy atom. The molecule has 1 aliphatic heterocycles. The van der Waals surface area contributed by atoms with E-state index < -0.39 is 74.2 Å². The fraction of sp³-hybridized carbons (Fsp3) is 0.897. The van der Waals surface area contributed by atoms with Gasteiger partial charge < -0.3 is 50.5 Å². The topological polar surface area (TPSA) is 189 Å². The molecule has 0 saturated carbocycles. The van der Waals surface area contributed by atoms with Crippen LogP contribution in [0, 0.1) is 0 Å². The van der Waals surface area contributed by atoms with Gasteiger partial charge in [0, 0.05) is 0 Å². The van der Waals surface area contributed by atoms with E-state index in [0.29, 0.717) is 19.3 Å². The van der Waals surface area contributed by atoms with Crippen LogP contribution in [0.1, 0.15) is 322 Å². The van der Waals surface area contributed by atoms with E-state index in [9.17, 15) is 40.5 Å². The average molecular weight is 1120 g/mol. The van der Waals surface area contributed by atoms with Gasteiger partial charge in [0.15, 0.2) is 6.29 Å². The molecule has 466 valence electrons. The Balaban J connectivity index is 2.25. The van der Waals surface area contributed by atoms with Gasteiger partial charge in [-0.2, -0.15) is 0 Å². The smallest absolute Gasteiger partial charge is 0.249 e. The lowest BCUT2D eigenvalue weighted by molar-refractivity contribution is -0.303. The molecule has 1 fully saturated rings. The van der Waals surface area contributed by atoms with Gasteiger partial charge in [-0.05, 0) is 64.2 Å². The minimum Gasteiger partial charge on any atom is -0.394 e. The van der Waals surface area contributed by atoms with Crippen molar-refractivity contribution in [1.29, 1.82) is 0 Å². The highest BCUT2D eigenvalue weighted by molar-refractivity contribution is 5.80. The monoisotopic (exact) mass is 1120 g/mol. The fourth-order valence-electron chi connectivity index (χ4n) is 10.9. The summed E-state index contributed by atoms with van der Waals surface area (Å²) in [7, 11) is 0. The van der Waals surface area contributed by atoms with Crippen LogP contribution in [0.4, 0.5) is 0 Å². The molecule has 0 aromatic heterocycles. The van der Waals surface area contributed by atoms with E-state index in [2.05, 4.69) is 55.6 Å². The summed E-state index contributed by atoms with van der Waals surface area (Å²) in [6.45, 7) is 3.48. The minimum absolute atomic E-state index is 0.243. The van der Waals surface area contributed by atoms with Crippen molar-refractivity contribution in [3.8, 4) is 0 Å². The number of nitrogens with one attached hydrogen (secondary N) is 1. The number of carbonyl (C=O) groups excluding carboxylic acids is 1. The SMILES string of the molecule is CCCCCCCCCCCCCCCCCCCCC/C=C/CC/C=C/CC/C=C/CCCC(O)C(O)C(COC1OC(CO)C(O)C(O)C1O)NC(=O)C(O)CCCCCCCCCCCCCCCCCCCCCC. The van der Waals surface area contributed by atoms with Crippen LogP contribution in [-0.4, -0.2) is 110 Å². The Bertz CT molecular complexity index is 1380. The maximum atomic E-state index is 13.2. The van der Waals surface area contributed by atoms with Crippen molar-refractivity contribution >= 4 is 5.91 Å². The summed E-state index contributed by atoms with van der Waals surface area (Å²) in [5, 5.41) is 76.3. The molecule has 8 N–H and O–H groups in total. The number of aliphatic hydroxyl groups excluding tert-OH is 7. The van der Waals surface area contributed by atoms with Crippen LogP contribution in [0.25, 0.3) is 0 Å². The quantitative estimate of drug-likeness (QED) is 0.0215. The second-order valence-corrected chi connectivity index (χ2v) is 23.9. The van der Waals surface area contributed by atoms with Gasteiger partial charge >= 0.3 is 0 Å². The van der Waals surface area contributed by atoms with Gasteiger partial charge in [0.1, 0.15) is 36.6 Å². The second-order valence-electron chi connectivity index (χ2n) is 23.9. The van der Waals surface area contributed by atoms with Crippen molar-refractivity contribution < 1.29 is 50.0 Å². The Labute approximate surface area is 486 Å². The molecule has 11 heteroatoms. The Morgan fingerprint density at radius 1 is 0.430 bits per heavy atom. The van der Waals surface area contributed by atoms with E-state index in [4.69, 9.17) is 9.47 Å². The number of aliphatic hydroxyl groups is 7. The highest BCUT2D eigenvalue weighted by atomic mass is 16.7. The lowest BCUT2D eigenvalue weighted by atomic mass is 9.98. The Kier molecular flexibility index (Phi) is 54.2. The second kappa shape index (κ2) is 56.8. The number of unbranched alkanes of at least 4 members (excludes halogenated alkanes) is 41. The van der Waals surface area contributed by atoms with Crippen LogP contribution in [0.2, 0.25) is 0 Å². The van der Waals surface area contributed by atoms with Crippen molar-refractivity contribution in [1.82, 2.24) is 5.32 Å². The number of ether oxygens (including phenoxy) is 2. The summed E-state index contributed by atoms with van der Waals surface area (Å²) in [5.41, 5.74) is 0. The molecule has 0 aliphatic carbocycles. The lowest BCUT2D eigenvalue weighted by Crippen LogP contribution is -2.60. The summed E-state index contributed by atoms with van der Waals surface area (Å²) in [5.74, 6) is -0.707. The van der Waals surface area contributed by atoms with Crippen LogP contribution in [0.5, 0.6) is 0 Å². The molecule has 0 aromatic rings. The molecule has 1 rings (SSSR count). The number of hydrogen-bond acceptors (Lipinski definition) is 10. The highest BCUT2D eigenvalue weighted by Gasteiger charge is 2.44. The van der Waals surface area contributed by atoms with Gasteiger partial charge in [0.25, 0.3) is 0 Å². The van der Waals surface area contributed by atoms with E-state index in [-0.39, 0.29) is 12.8 Å². The third-order valence-corrected chi connectivity index (χ3v) is 16.4. The van der Waals surface area contributed by atoms with E-state index in [0.717, 1.165) is 44.9 Å². The van der Waals surface area contributed by atoms with Crippen LogP contribution in [0.3, 0.4) is 0 Å². The molecular formula is C68H129NO10. The van der Waals surface area contributed by atoms with E-state index in [1.165, 1.54) is 231 Å². The van der Waals surface area contributed by atoms with Gasteiger partial charge in [-0.25, -0.2) is 0 Å². The summed E-state index contributed by atoms with van der Waals surface area (Å²) >= 11 is 0. The molecule has 9 unspecified atom stereocenters. The zero-order valence-electron chi connectivity index (χ0n) is 51.4. The molecule has 0 aromatic carbocycles. The van der Waals surface area contributed by atoms with Crippen molar-refractivity contribution in [2.24, 2.45) is 0 Å². The first-order valence-corrected chi connectivity index (χ1v) is 33.9. The lowest BCUT2D eigenvalue weighted by Gasteiger charge is -2.40. The van der Waals surface area contributed by atoms with Crippen molar-refractivity contribution in [3.05, 3.63) is 36.5 Å². The summed E-state index contributed by atoms with van der Waals surface area (Å²) in [6.07, 6.45) is 60.9. The van der Waals surface area contributed by atoms with E-state index in [1.807, 2.05) is 0 Å². The van der Waals surface area contributed by atoms with Crippen LogP contribution in [0.15, 0.2) is 36.5 Å². The average Bonchev–Trinajstić information content (AvgIpc) is 3.46. The fourth-order valence-corrected chi connectivity index (χ4v) is 10.9. The molecule has 0 spiro atoms. The number of rotatable bonds is 59. The molecule has 1 aliphatic rings. The first kappa shape index (κ1) is 75.3. The van der Waals surface area contributed by atoms with Crippen LogP contribution >= 0.6 is 0 Å². The molecule has 79 heavy (non-hydrogen) atoms. The normalized spacial score (nSPS) is 19.5. The first-order valence-electron chi connectivity index (χ1n) is 33.9. The molecular weight excluding hydrogens is 991 g/mol. The van der Waals surface area contributed by atoms with Gasteiger partial charge in [0.2, 0.25) is 5.91 Å². The van der Waals surface area contributed by atoms with E-state index in [1.54, 1.807) is 0 Å². The van der Waals surface area contributed by atoms with Gasteiger partial charge in [-0.15, -0.1) is 0 Å². The Hall–Kier alpha value is -1.67. The largest absolute Gasteiger partial charge is 0.394 e. The zero-order chi connectivity index (χ0) is 57.5. The molecule has 0 radical (unpaired) electrons. The maximum Gasteiger partial charge on any atom is 0.249 e. The molecule has 11 nitrogen and oxygen atoms in total. The number of allylic oxidation sites excluding steroid dienone is 6. The minimum atomic E-state index is -1.67. The van der Waals surface area contributed by atoms with Crippen LogP contribution < -0.4 is 5.32 Å². The van der Waals surface area contributed by atoms with Crippen LogP contribution in [-0.2, 0) is 14.3 Å². The van der Waals surface area contributed by atoms with Gasteiger partial charge in [-0.3, -0.25) is 4.79 Å². The summed E-state index contributed by atoms with van der Waals surface area (Å²) < 4.78 is 11.2. The first-order chi connectivity index (χ1) is 38.7. The standard InChI is InChI=1S/C68H129NO10/c1-3-5-7-9-11-13-15-17-19-21-23-25-26-27-28-29-30-31-32-33-34-35-36-38-39-41-43-45-47-49-51-53-55-60(71)63(73)59(58-78-68-66(76)65(75)64(74)62(57-70)79-68)69-67(77)61(72)56-54-52-50-48-46-44-42-40-37-24-22-20-18-16-14-12-10-8-6-4-2/h34-35,39,41,47,49,59-66,68,70-76H,3-33,36-38,40,42-46,48,50-58H2,1-2H3,(H,69,77)/b35-34+,41-39+,49-47+. The molecule has 0 bridgehead atoms. The number of amides is 1. The maximum absolute atomic E-state index is 13.2. The van der Waals surface area contributed by atoms with E-state index >= 15 is 0 Å². The number of carbonyl (C=O) groups is 1.